The van der Waals surface area contributed by atoms with Gasteiger partial charge >= 0.3 is 0 Å². The van der Waals surface area contributed by atoms with E-state index in [-0.39, 0.29) is 0 Å². The van der Waals surface area contributed by atoms with Gasteiger partial charge in [0.25, 0.3) is 0 Å². The van der Waals surface area contributed by atoms with E-state index in [0.717, 1.165) is 12.8 Å². The fourth-order valence-electron chi connectivity index (χ4n) is 1.76. The summed E-state index contributed by atoms with van der Waals surface area (Å²) in [7, 11) is 0. The minimum Gasteiger partial charge on any atom is -0.112 e. The molecule has 2 aliphatic rings. The maximum atomic E-state index is 3.32. The third-order valence-electron chi connectivity index (χ3n) is 2.71. The van der Waals surface area contributed by atoms with E-state index < -0.39 is 0 Å². The van der Waals surface area contributed by atoms with Crippen LogP contribution in [-0.2, 0) is 0 Å². The highest BCUT2D eigenvalue weighted by molar-refractivity contribution is 5.50. The van der Waals surface area contributed by atoms with Crippen molar-refractivity contribution < 1.29 is 0 Å². The van der Waals surface area contributed by atoms with Gasteiger partial charge in [-0.2, -0.15) is 0 Å². The van der Waals surface area contributed by atoms with Crippen LogP contribution in [0.3, 0.4) is 0 Å². The van der Waals surface area contributed by atoms with Gasteiger partial charge < -0.3 is 0 Å². The van der Waals surface area contributed by atoms with Crippen molar-refractivity contribution in [3.8, 4) is 0 Å². The first-order valence-corrected chi connectivity index (χ1v) is 5.61. The second-order valence-corrected chi connectivity index (χ2v) is 3.79. The number of allylic oxidation sites excluding steroid dienone is 9. The molecule has 76 valence electrons. The van der Waals surface area contributed by atoms with Gasteiger partial charge in [0.2, 0.25) is 0 Å². The van der Waals surface area contributed by atoms with Crippen LogP contribution in [0.25, 0.3) is 0 Å². The zero-order valence-corrected chi connectivity index (χ0v) is 9.16. The Bertz CT molecular complexity index is 419. The molecule has 0 aromatic carbocycles. The van der Waals surface area contributed by atoms with E-state index in [1.165, 1.54) is 23.1 Å². The summed E-state index contributed by atoms with van der Waals surface area (Å²) < 4.78 is 0. The lowest BCUT2D eigenvalue weighted by Crippen LogP contribution is -1.86. The van der Waals surface area contributed by atoms with Crippen LogP contribution in [0.4, 0.5) is 0 Å². The molecule has 0 heteroatoms. The molecule has 0 amide bonds. The molecule has 0 aromatic rings. The molecule has 0 fully saturated rings. The van der Waals surface area contributed by atoms with Crippen LogP contribution in [-0.4, -0.2) is 0 Å². The molecule has 0 saturated carbocycles. The molecule has 2 aliphatic carbocycles. The maximum absolute atomic E-state index is 3.32. The van der Waals surface area contributed by atoms with Crippen molar-refractivity contribution in [1.29, 1.82) is 0 Å². The van der Waals surface area contributed by atoms with E-state index in [4.69, 9.17) is 0 Å². The molecule has 0 aromatic heterocycles. The standard InChI is InChI=1S/C15H16/c1-2-13-7-6-10-15(12-11-13)14-8-4-3-5-9-14/h4,6-9,11-12H,2-3,5H2,1H3. The minimum absolute atomic E-state index is 1.08. The average Bonchev–Trinajstić information content (AvgIpc) is 2.55. The van der Waals surface area contributed by atoms with Gasteiger partial charge in [-0.3, -0.25) is 0 Å². The largest absolute Gasteiger partial charge is 0.112 e. The average molecular weight is 196 g/mol. The van der Waals surface area contributed by atoms with Crippen LogP contribution in [0.2, 0.25) is 0 Å². The van der Waals surface area contributed by atoms with Crippen molar-refractivity contribution in [1.82, 2.24) is 0 Å². The maximum Gasteiger partial charge on any atom is 0.0233 e. The Morgan fingerprint density at radius 3 is 2.87 bits per heavy atom. The fraction of sp³-hybridized carbons (Fsp3) is 0.267. The molecule has 0 atom stereocenters. The molecule has 0 heterocycles. The van der Waals surface area contributed by atoms with Gasteiger partial charge in [0.05, 0.1) is 0 Å². The lowest BCUT2D eigenvalue weighted by molar-refractivity contribution is 1.02. The normalized spacial score (nSPS) is 19.4. The Balaban J connectivity index is 2.24. The van der Waals surface area contributed by atoms with Crippen LogP contribution >= 0.6 is 0 Å². The minimum atomic E-state index is 1.08. The summed E-state index contributed by atoms with van der Waals surface area (Å²) in [5, 5.41) is 0. The summed E-state index contributed by atoms with van der Waals surface area (Å²) >= 11 is 0. The van der Waals surface area contributed by atoms with Crippen molar-refractivity contribution in [2.45, 2.75) is 26.2 Å². The summed E-state index contributed by atoms with van der Waals surface area (Å²) in [4.78, 5) is 0. The summed E-state index contributed by atoms with van der Waals surface area (Å²) in [6.07, 6.45) is 18.6. The molecule has 2 rings (SSSR count). The highest BCUT2D eigenvalue weighted by atomic mass is 14.1. The Kier molecular flexibility index (Phi) is 3.22. The zero-order valence-electron chi connectivity index (χ0n) is 9.16. The van der Waals surface area contributed by atoms with Gasteiger partial charge in [-0.1, -0.05) is 37.3 Å². The lowest BCUT2D eigenvalue weighted by atomic mass is 9.99. The first-order valence-electron chi connectivity index (χ1n) is 5.61. The fourth-order valence-corrected chi connectivity index (χ4v) is 1.76. The Morgan fingerprint density at radius 1 is 1.20 bits per heavy atom. The zero-order chi connectivity index (χ0) is 10.5. The van der Waals surface area contributed by atoms with Gasteiger partial charge in [0.15, 0.2) is 0 Å². The highest BCUT2D eigenvalue weighted by Crippen LogP contribution is 2.20. The summed E-state index contributed by atoms with van der Waals surface area (Å²) in [6, 6.07) is 0. The summed E-state index contributed by atoms with van der Waals surface area (Å²) in [5.41, 5.74) is 7.19. The monoisotopic (exact) mass is 196 g/mol. The van der Waals surface area contributed by atoms with E-state index in [1.807, 2.05) is 6.08 Å². The molecular weight excluding hydrogens is 180 g/mol. The van der Waals surface area contributed by atoms with Crippen molar-refractivity contribution in [2.75, 3.05) is 0 Å². The van der Waals surface area contributed by atoms with Crippen molar-refractivity contribution in [3.63, 3.8) is 0 Å². The molecule has 0 spiro atoms. The highest BCUT2D eigenvalue weighted by Gasteiger charge is 2.02. The topological polar surface area (TPSA) is 0 Å². The van der Waals surface area contributed by atoms with Crippen molar-refractivity contribution in [3.05, 3.63) is 65.0 Å². The van der Waals surface area contributed by atoms with Crippen LogP contribution in [0.1, 0.15) is 26.2 Å². The second kappa shape index (κ2) is 4.82. The van der Waals surface area contributed by atoms with Crippen LogP contribution in [0.15, 0.2) is 65.0 Å². The van der Waals surface area contributed by atoms with Gasteiger partial charge in [-0.15, -0.1) is 5.73 Å². The summed E-state index contributed by atoms with van der Waals surface area (Å²) in [6.45, 7) is 2.18. The number of hydrogen-bond acceptors (Lipinski definition) is 0. The quantitative estimate of drug-likeness (QED) is 0.579. The predicted molar refractivity (Wildman–Crippen MR) is 65.6 cm³/mol. The number of hydrogen-bond donors (Lipinski definition) is 0. The third-order valence-corrected chi connectivity index (χ3v) is 2.71. The molecule has 0 nitrogen and oxygen atoms in total. The van der Waals surface area contributed by atoms with Crippen LogP contribution < -0.4 is 0 Å². The predicted octanol–water partition coefficient (Wildman–Crippen LogP) is 4.25. The molecule has 0 aliphatic heterocycles. The smallest absolute Gasteiger partial charge is 0.0233 e. The Labute approximate surface area is 91.7 Å². The first kappa shape index (κ1) is 10.0. The molecule has 0 N–H and O–H groups in total. The molecule has 0 bridgehead atoms. The van der Waals surface area contributed by atoms with Gasteiger partial charge in [-0.25, -0.2) is 0 Å². The number of rotatable bonds is 2. The van der Waals surface area contributed by atoms with E-state index in [1.54, 1.807) is 0 Å². The Morgan fingerprint density at radius 2 is 2.13 bits per heavy atom. The SMILES string of the molecule is CCC1=CC=C=C(C2=CCCC=C2)C=C1. The molecule has 0 saturated heterocycles. The van der Waals surface area contributed by atoms with E-state index in [2.05, 4.69) is 49.1 Å². The van der Waals surface area contributed by atoms with Crippen molar-refractivity contribution in [2.24, 2.45) is 0 Å². The van der Waals surface area contributed by atoms with E-state index in [0.29, 0.717) is 0 Å². The van der Waals surface area contributed by atoms with E-state index in [9.17, 15) is 0 Å². The van der Waals surface area contributed by atoms with Gasteiger partial charge in [0.1, 0.15) is 0 Å². The van der Waals surface area contributed by atoms with E-state index >= 15 is 0 Å². The molecule has 15 heavy (non-hydrogen) atoms. The first-order chi connectivity index (χ1) is 7.40. The van der Waals surface area contributed by atoms with Crippen LogP contribution in [0, 0.1) is 0 Å². The lowest BCUT2D eigenvalue weighted by Gasteiger charge is -2.05. The molecular formula is C15H16. The molecule has 0 unspecified atom stereocenters. The van der Waals surface area contributed by atoms with Gasteiger partial charge in [0, 0.05) is 5.57 Å². The third kappa shape index (κ3) is 2.49. The second-order valence-electron chi connectivity index (χ2n) is 3.79. The molecule has 0 radical (unpaired) electrons. The summed E-state index contributed by atoms with van der Waals surface area (Å²) in [5.74, 6) is 0. The van der Waals surface area contributed by atoms with Crippen molar-refractivity contribution >= 4 is 0 Å². The van der Waals surface area contributed by atoms with Crippen LogP contribution in [0.5, 0.6) is 0 Å². The van der Waals surface area contributed by atoms with Gasteiger partial charge in [-0.05, 0) is 42.6 Å². The Hall–Kier alpha value is -1.52.